The van der Waals surface area contributed by atoms with E-state index in [1.165, 1.54) is 7.05 Å². The number of allylic oxidation sites excluding steroid dienone is 1. The number of carbonyl (C=O) groups excluding carboxylic acids is 1. The molecule has 0 aliphatic carbocycles. The van der Waals surface area contributed by atoms with Crippen LogP contribution in [0.5, 0.6) is 0 Å². The first kappa shape index (κ1) is 12.6. The van der Waals surface area contributed by atoms with E-state index in [9.17, 15) is 4.79 Å². The van der Waals surface area contributed by atoms with Gasteiger partial charge in [0.2, 0.25) is 0 Å². The fraction of sp³-hybridized carbons (Fsp3) is 0.500. The summed E-state index contributed by atoms with van der Waals surface area (Å²) in [5.74, 6) is -0.488. The van der Waals surface area contributed by atoms with Gasteiger partial charge >= 0.3 is 0 Å². The van der Waals surface area contributed by atoms with E-state index in [-0.39, 0.29) is 5.69 Å². The third-order valence-corrected chi connectivity index (χ3v) is 3.07. The van der Waals surface area contributed by atoms with Crippen molar-refractivity contribution in [3.05, 3.63) is 29.7 Å². The van der Waals surface area contributed by atoms with E-state index >= 15 is 0 Å². The number of nitrogens with zero attached hydrogens (tertiary/aromatic N) is 4. The summed E-state index contributed by atoms with van der Waals surface area (Å²) in [6, 6.07) is 1.73. The Morgan fingerprint density at radius 2 is 2.28 bits per heavy atom. The van der Waals surface area contributed by atoms with Gasteiger partial charge in [0.25, 0.3) is 5.91 Å². The monoisotopic (exact) mass is 250 g/mol. The normalized spacial score (nSPS) is 14.9. The lowest BCUT2D eigenvalue weighted by atomic mass is 10.3. The molecule has 18 heavy (non-hydrogen) atoms. The van der Waals surface area contributed by atoms with Gasteiger partial charge in [0.15, 0.2) is 5.69 Å². The van der Waals surface area contributed by atoms with Gasteiger partial charge in [0, 0.05) is 25.8 Å². The van der Waals surface area contributed by atoms with Crippen molar-refractivity contribution in [3.63, 3.8) is 0 Å². The SMILES string of the molecule is C=C(C)N1CCCn2nc(C(=O)N(C)O)cc2C1. The van der Waals surface area contributed by atoms with Crippen molar-refractivity contribution < 1.29 is 10.0 Å². The molecular weight excluding hydrogens is 232 g/mol. The number of carbonyl (C=O) groups is 1. The highest BCUT2D eigenvalue weighted by Crippen LogP contribution is 2.17. The van der Waals surface area contributed by atoms with Crippen molar-refractivity contribution in [2.24, 2.45) is 0 Å². The largest absolute Gasteiger partial charge is 0.370 e. The van der Waals surface area contributed by atoms with Crippen LogP contribution in [0.25, 0.3) is 0 Å². The van der Waals surface area contributed by atoms with Gasteiger partial charge in [0.05, 0.1) is 12.2 Å². The van der Waals surface area contributed by atoms with Crippen LogP contribution >= 0.6 is 0 Å². The van der Waals surface area contributed by atoms with E-state index in [0.717, 1.165) is 30.9 Å². The van der Waals surface area contributed by atoms with Crippen molar-refractivity contribution in [2.45, 2.75) is 26.4 Å². The van der Waals surface area contributed by atoms with Crippen LogP contribution in [0.3, 0.4) is 0 Å². The molecule has 0 saturated heterocycles. The number of fused-ring (bicyclic) bond motifs is 1. The number of hydrogen-bond donors (Lipinski definition) is 1. The number of rotatable bonds is 2. The molecule has 6 heteroatoms. The molecule has 1 amide bonds. The molecule has 2 rings (SSSR count). The second-order valence-corrected chi connectivity index (χ2v) is 4.58. The summed E-state index contributed by atoms with van der Waals surface area (Å²) in [7, 11) is 1.30. The van der Waals surface area contributed by atoms with Crippen LogP contribution in [0.15, 0.2) is 18.3 Å². The van der Waals surface area contributed by atoms with Crippen LogP contribution in [0.2, 0.25) is 0 Å². The first-order valence-electron chi connectivity index (χ1n) is 5.93. The molecule has 0 aromatic carbocycles. The van der Waals surface area contributed by atoms with Gasteiger partial charge in [-0.15, -0.1) is 0 Å². The predicted molar refractivity (Wildman–Crippen MR) is 65.9 cm³/mol. The highest BCUT2D eigenvalue weighted by atomic mass is 16.5. The maximum absolute atomic E-state index is 11.6. The summed E-state index contributed by atoms with van der Waals surface area (Å²) in [6.45, 7) is 8.34. The Morgan fingerprint density at radius 1 is 1.56 bits per heavy atom. The van der Waals surface area contributed by atoms with Gasteiger partial charge in [-0.25, -0.2) is 5.06 Å². The van der Waals surface area contributed by atoms with Crippen LogP contribution in [0.4, 0.5) is 0 Å². The summed E-state index contributed by atoms with van der Waals surface area (Å²) >= 11 is 0. The van der Waals surface area contributed by atoms with Crippen LogP contribution < -0.4 is 0 Å². The Balaban J connectivity index is 2.26. The van der Waals surface area contributed by atoms with Gasteiger partial charge in [0.1, 0.15) is 0 Å². The van der Waals surface area contributed by atoms with E-state index in [2.05, 4.69) is 16.6 Å². The summed E-state index contributed by atoms with van der Waals surface area (Å²) in [5.41, 5.74) is 2.26. The van der Waals surface area contributed by atoms with Crippen LogP contribution in [0, 0.1) is 0 Å². The lowest BCUT2D eigenvalue weighted by molar-refractivity contribution is -0.0380. The van der Waals surface area contributed by atoms with Gasteiger partial charge in [-0.3, -0.25) is 14.7 Å². The van der Waals surface area contributed by atoms with Crippen molar-refractivity contribution in [1.82, 2.24) is 19.7 Å². The van der Waals surface area contributed by atoms with E-state index in [0.29, 0.717) is 11.6 Å². The number of amides is 1. The molecule has 2 heterocycles. The molecule has 1 aromatic heterocycles. The summed E-state index contributed by atoms with van der Waals surface area (Å²) < 4.78 is 1.83. The standard InChI is InChI=1S/C12H18N4O2/c1-9(2)15-5-4-6-16-10(8-15)7-11(13-16)12(17)14(3)18/h7,18H,1,4-6,8H2,2-3H3. The van der Waals surface area contributed by atoms with Gasteiger partial charge in [-0.2, -0.15) is 5.10 Å². The zero-order chi connectivity index (χ0) is 13.3. The number of aromatic nitrogens is 2. The molecular formula is C12H18N4O2. The topological polar surface area (TPSA) is 61.6 Å². The molecule has 6 nitrogen and oxygen atoms in total. The summed E-state index contributed by atoms with van der Waals surface area (Å²) in [5, 5.41) is 13.9. The molecule has 98 valence electrons. The Morgan fingerprint density at radius 3 is 2.89 bits per heavy atom. The van der Waals surface area contributed by atoms with Crippen molar-refractivity contribution >= 4 is 5.91 Å². The number of hydrogen-bond acceptors (Lipinski definition) is 4. The Bertz CT molecular complexity index is 478. The third-order valence-electron chi connectivity index (χ3n) is 3.07. The number of hydroxylamine groups is 2. The number of aryl methyl sites for hydroxylation is 1. The van der Waals surface area contributed by atoms with Crippen molar-refractivity contribution in [3.8, 4) is 0 Å². The van der Waals surface area contributed by atoms with Crippen molar-refractivity contribution in [1.29, 1.82) is 0 Å². The average Bonchev–Trinajstić information content (AvgIpc) is 2.59. The van der Waals surface area contributed by atoms with Crippen LogP contribution in [-0.2, 0) is 13.1 Å². The Kier molecular flexibility index (Phi) is 3.38. The molecule has 0 bridgehead atoms. The average molecular weight is 250 g/mol. The fourth-order valence-electron chi connectivity index (χ4n) is 2.06. The molecule has 1 N–H and O–H groups in total. The molecule has 1 aliphatic rings. The molecule has 0 saturated carbocycles. The van der Waals surface area contributed by atoms with Gasteiger partial charge < -0.3 is 4.90 Å². The molecule has 1 aliphatic heterocycles. The zero-order valence-corrected chi connectivity index (χ0v) is 10.8. The van der Waals surface area contributed by atoms with E-state index in [1.54, 1.807) is 6.07 Å². The Labute approximate surface area is 106 Å². The minimum absolute atomic E-state index is 0.276. The van der Waals surface area contributed by atoms with Crippen molar-refractivity contribution in [2.75, 3.05) is 13.6 Å². The highest BCUT2D eigenvalue weighted by molar-refractivity contribution is 5.91. The molecule has 0 atom stereocenters. The fourth-order valence-corrected chi connectivity index (χ4v) is 2.06. The second kappa shape index (κ2) is 4.81. The van der Waals surface area contributed by atoms with E-state index < -0.39 is 5.91 Å². The lowest BCUT2D eigenvalue weighted by Crippen LogP contribution is -2.23. The second-order valence-electron chi connectivity index (χ2n) is 4.58. The summed E-state index contributed by atoms with van der Waals surface area (Å²) in [6.07, 6.45) is 0.962. The third kappa shape index (κ3) is 2.38. The maximum Gasteiger partial charge on any atom is 0.297 e. The molecule has 0 radical (unpaired) electrons. The first-order valence-corrected chi connectivity index (χ1v) is 5.93. The van der Waals surface area contributed by atoms with Crippen LogP contribution in [0.1, 0.15) is 29.5 Å². The quantitative estimate of drug-likeness (QED) is 0.630. The minimum Gasteiger partial charge on any atom is -0.370 e. The molecule has 1 aromatic rings. The van der Waals surface area contributed by atoms with Gasteiger partial charge in [-0.1, -0.05) is 6.58 Å². The summed E-state index contributed by atoms with van der Waals surface area (Å²) in [4.78, 5) is 13.8. The lowest BCUT2D eigenvalue weighted by Gasteiger charge is -2.21. The first-order chi connectivity index (χ1) is 8.49. The molecule has 0 unspecified atom stereocenters. The van der Waals surface area contributed by atoms with E-state index in [4.69, 9.17) is 5.21 Å². The van der Waals surface area contributed by atoms with Gasteiger partial charge in [-0.05, 0) is 19.4 Å². The predicted octanol–water partition coefficient (Wildman–Crippen LogP) is 1.08. The zero-order valence-electron chi connectivity index (χ0n) is 10.8. The van der Waals surface area contributed by atoms with E-state index in [1.807, 2.05) is 11.6 Å². The Hall–Kier alpha value is -1.82. The van der Waals surface area contributed by atoms with Crippen LogP contribution in [-0.4, -0.2) is 44.5 Å². The highest BCUT2D eigenvalue weighted by Gasteiger charge is 2.20. The smallest absolute Gasteiger partial charge is 0.297 e. The molecule has 0 fully saturated rings. The minimum atomic E-state index is -0.488. The molecule has 0 spiro atoms. The maximum atomic E-state index is 11.6.